The highest BCUT2D eigenvalue weighted by Gasteiger charge is 2.14. The summed E-state index contributed by atoms with van der Waals surface area (Å²) in [5.41, 5.74) is 1.64. The van der Waals surface area contributed by atoms with E-state index in [1.807, 2.05) is 6.07 Å². The largest absolute Gasteiger partial charge is 0.413 e. The minimum absolute atomic E-state index is 0.235. The Morgan fingerprint density at radius 1 is 1.40 bits per heavy atom. The minimum Gasteiger partial charge on any atom is -0.413 e. The van der Waals surface area contributed by atoms with Crippen LogP contribution in [0.5, 0.6) is 0 Å². The van der Waals surface area contributed by atoms with Crippen LogP contribution in [0.3, 0.4) is 0 Å². The lowest BCUT2D eigenvalue weighted by atomic mass is 10.1. The van der Waals surface area contributed by atoms with E-state index in [9.17, 15) is 4.39 Å². The van der Waals surface area contributed by atoms with Gasteiger partial charge < -0.3 is 4.43 Å². The number of rotatable bonds is 4. The van der Waals surface area contributed by atoms with E-state index in [1.54, 1.807) is 6.07 Å². The van der Waals surface area contributed by atoms with Gasteiger partial charge in [0.05, 0.1) is 6.61 Å². The summed E-state index contributed by atoms with van der Waals surface area (Å²) in [6.07, 6.45) is 0. The van der Waals surface area contributed by atoms with Crippen molar-refractivity contribution in [2.45, 2.75) is 19.6 Å². The van der Waals surface area contributed by atoms with Gasteiger partial charge in [-0.25, -0.2) is 4.39 Å². The molecule has 0 amide bonds. The smallest absolute Gasteiger partial charge is 0.184 e. The molecule has 1 aromatic carbocycles. The fourth-order valence-corrected chi connectivity index (χ4v) is 1.70. The lowest BCUT2D eigenvalue weighted by Crippen LogP contribution is -2.26. The van der Waals surface area contributed by atoms with E-state index < -0.39 is 8.32 Å². The molecule has 0 saturated heterocycles. The maximum atomic E-state index is 12.9. The maximum absolute atomic E-state index is 12.9. The van der Waals surface area contributed by atoms with Gasteiger partial charge in [0.25, 0.3) is 0 Å². The Hall–Kier alpha value is -0.933. The van der Waals surface area contributed by atoms with Crippen LogP contribution in [-0.2, 0) is 4.43 Å². The van der Waals surface area contributed by atoms with Gasteiger partial charge in [-0.15, -0.1) is 0 Å². The second-order valence-corrected chi connectivity index (χ2v) is 9.03. The summed E-state index contributed by atoms with van der Waals surface area (Å²) in [6.45, 7) is 10.7. The Kier molecular flexibility index (Phi) is 3.82. The van der Waals surface area contributed by atoms with Crippen molar-refractivity contribution < 1.29 is 8.82 Å². The fourth-order valence-electron chi connectivity index (χ4n) is 1.10. The first-order valence-corrected chi connectivity index (χ1v) is 8.37. The topological polar surface area (TPSA) is 9.23 Å². The molecule has 0 N–H and O–H groups in total. The fraction of sp³-hybridized carbons (Fsp3) is 0.333. The first-order valence-electron chi connectivity index (χ1n) is 4.96. The van der Waals surface area contributed by atoms with E-state index in [4.69, 9.17) is 4.43 Å². The van der Waals surface area contributed by atoms with Gasteiger partial charge in [0.2, 0.25) is 0 Å². The molecule has 82 valence electrons. The zero-order chi connectivity index (χ0) is 11.5. The van der Waals surface area contributed by atoms with Gasteiger partial charge in [-0.1, -0.05) is 18.7 Å². The van der Waals surface area contributed by atoms with Gasteiger partial charge in [0.1, 0.15) is 5.82 Å². The monoisotopic (exact) mass is 224 g/mol. The van der Waals surface area contributed by atoms with E-state index in [-0.39, 0.29) is 5.82 Å². The van der Waals surface area contributed by atoms with E-state index >= 15 is 0 Å². The van der Waals surface area contributed by atoms with Crippen LogP contribution in [0.4, 0.5) is 4.39 Å². The van der Waals surface area contributed by atoms with Gasteiger partial charge in [0.15, 0.2) is 8.32 Å². The Labute approximate surface area is 91.7 Å². The van der Waals surface area contributed by atoms with Crippen LogP contribution in [0.1, 0.15) is 5.56 Å². The molecule has 15 heavy (non-hydrogen) atoms. The van der Waals surface area contributed by atoms with Crippen LogP contribution < -0.4 is 0 Å². The van der Waals surface area contributed by atoms with Crippen molar-refractivity contribution in [3.8, 4) is 0 Å². The summed E-state index contributed by atoms with van der Waals surface area (Å²) < 4.78 is 18.6. The maximum Gasteiger partial charge on any atom is 0.184 e. The Bertz CT molecular complexity index is 355. The van der Waals surface area contributed by atoms with Crippen molar-refractivity contribution in [3.05, 3.63) is 42.2 Å². The zero-order valence-electron chi connectivity index (χ0n) is 9.51. The average molecular weight is 224 g/mol. The second kappa shape index (κ2) is 4.73. The molecule has 0 aliphatic carbocycles. The third kappa shape index (κ3) is 4.40. The predicted octanol–water partition coefficient (Wildman–Crippen LogP) is 3.69. The normalized spacial score (nSPS) is 11.5. The van der Waals surface area contributed by atoms with Crippen LogP contribution in [0.2, 0.25) is 19.6 Å². The van der Waals surface area contributed by atoms with Crippen LogP contribution >= 0.6 is 0 Å². The third-order valence-corrected chi connectivity index (χ3v) is 2.92. The summed E-state index contributed by atoms with van der Waals surface area (Å²) in [5.74, 6) is -0.235. The molecule has 3 heteroatoms. The highest BCUT2D eigenvalue weighted by atomic mass is 28.4. The first-order chi connectivity index (χ1) is 6.88. The zero-order valence-corrected chi connectivity index (χ0v) is 10.5. The Morgan fingerprint density at radius 2 is 2.07 bits per heavy atom. The molecule has 0 saturated carbocycles. The Morgan fingerprint density at radius 3 is 2.60 bits per heavy atom. The second-order valence-electron chi connectivity index (χ2n) is 4.51. The standard InChI is InChI=1S/C12H17FOSi/c1-10(9-14-15(2,3)4)11-6-5-7-12(13)8-11/h5-8H,1,9H2,2-4H3. The Balaban J connectivity index is 2.62. The van der Waals surface area contributed by atoms with E-state index in [0.717, 1.165) is 11.1 Å². The minimum atomic E-state index is -1.52. The molecule has 1 rings (SSSR count). The lowest BCUT2D eigenvalue weighted by Gasteiger charge is -2.18. The molecule has 0 atom stereocenters. The van der Waals surface area contributed by atoms with E-state index in [1.165, 1.54) is 12.1 Å². The van der Waals surface area contributed by atoms with Crippen molar-refractivity contribution in [1.82, 2.24) is 0 Å². The van der Waals surface area contributed by atoms with Gasteiger partial charge in [0, 0.05) is 0 Å². The summed E-state index contributed by atoms with van der Waals surface area (Å²) in [6, 6.07) is 6.44. The molecule has 0 aromatic heterocycles. The quantitative estimate of drug-likeness (QED) is 0.709. The van der Waals surface area contributed by atoms with Gasteiger partial charge in [-0.05, 0) is 42.9 Å². The highest BCUT2D eigenvalue weighted by molar-refractivity contribution is 6.69. The van der Waals surface area contributed by atoms with E-state index in [2.05, 4.69) is 26.2 Å². The molecule has 1 aromatic rings. The van der Waals surface area contributed by atoms with Crippen LogP contribution in [0, 0.1) is 5.82 Å². The molecule has 0 bridgehead atoms. The molecule has 0 fully saturated rings. The molecular weight excluding hydrogens is 207 g/mol. The van der Waals surface area contributed by atoms with Crippen molar-refractivity contribution in [3.63, 3.8) is 0 Å². The highest BCUT2D eigenvalue weighted by Crippen LogP contribution is 2.16. The number of halogens is 1. The molecule has 0 heterocycles. The average Bonchev–Trinajstić information content (AvgIpc) is 2.13. The van der Waals surface area contributed by atoms with Crippen molar-refractivity contribution >= 4 is 13.9 Å². The van der Waals surface area contributed by atoms with Gasteiger partial charge in [-0.2, -0.15) is 0 Å². The van der Waals surface area contributed by atoms with Crippen molar-refractivity contribution in [2.75, 3.05) is 6.61 Å². The molecule has 0 aliphatic rings. The van der Waals surface area contributed by atoms with Crippen LogP contribution in [0.25, 0.3) is 5.57 Å². The summed E-state index contributed by atoms with van der Waals surface area (Å²) >= 11 is 0. The van der Waals surface area contributed by atoms with Gasteiger partial charge in [-0.3, -0.25) is 0 Å². The predicted molar refractivity (Wildman–Crippen MR) is 64.7 cm³/mol. The SMILES string of the molecule is C=C(CO[Si](C)(C)C)c1cccc(F)c1. The summed E-state index contributed by atoms with van der Waals surface area (Å²) in [4.78, 5) is 0. The molecule has 0 unspecified atom stereocenters. The third-order valence-electron chi connectivity index (χ3n) is 1.91. The van der Waals surface area contributed by atoms with E-state index in [0.29, 0.717) is 6.61 Å². The van der Waals surface area contributed by atoms with Crippen molar-refractivity contribution in [2.24, 2.45) is 0 Å². The lowest BCUT2D eigenvalue weighted by molar-refractivity contribution is 0.365. The van der Waals surface area contributed by atoms with Gasteiger partial charge >= 0.3 is 0 Å². The summed E-state index contributed by atoms with van der Waals surface area (Å²) in [7, 11) is -1.52. The molecular formula is C12H17FOSi. The number of hydrogen-bond acceptors (Lipinski definition) is 1. The molecule has 1 nitrogen and oxygen atoms in total. The summed E-state index contributed by atoms with van der Waals surface area (Å²) in [5, 5.41) is 0. The number of benzene rings is 1. The number of hydrogen-bond donors (Lipinski definition) is 0. The van der Waals surface area contributed by atoms with Crippen LogP contribution in [-0.4, -0.2) is 14.9 Å². The molecule has 0 radical (unpaired) electrons. The molecule has 0 spiro atoms. The molecule has 0 aliphatic heterocycles. The first kappa shape index (κ1) is 12.1. The van der Waals surface area contributed by atoms with Crippen LogP contribution in [0.15, 0.2) is 30.8 Å². The van der Waals surface area contributed by atoms with Crippen molar-refractivity contribution in [1.29, 1.82) is 0 Å².